The second-order valence-electron chi connectivity index (χ2n) is 4.59. The molecular weight excluding hydrogens is 244 g/mol. The Morgan fingerprint density at radius 2 is 2.26 bits per heavy atom. The zero-order chi connectivity index (χ0) is 13.8. The summed E-state index contributed by atoms with van der Waals surface area (Å²) >= 11 is 0. The Kier molecular flexibility index (Phi) is 4.09. The second kappa shape index (κ2) is 5.77. The minimum atomic E-state index is -0.206. The highest BCUT2D eigenvalue weighted by Crippen LogP contribution is 2.11. The number of carbonyl (C=O) groups excluding carboxylic acids is 1. The lowest BCUT2D eigenvalue weighted by atomic mass is 10.1. The van der Waals surface area contributed by atoms with Crippen LogP contribution in [0.4, 0.5) is 0 Å². The Labute approximate surface area is 112 Å². The smallest absolute Gasteiger partial charge is 0.270 e. The first-order valence-corrected chi connectivity index (χ1v) is 6.40. The molecule has 1 aromatic rings. The van der Waals surface area contributed by atoms with Crippen molar-refractivity contribution in [2.24, 2.45) is 5.16 Å². The van der Waals surface area contributed by atoms with Crippen LogP contribution in [0, 0.1) is 13.8 Å². The van der Waals surface area contributed by atoms with Gasteiger partial charge in [0, 0.05) is 12.1 Å². The number of hydrogen-bond donors (Lipinski definition) is 1. The Bertz CT molecular complexity index is 493. The molecule has 1 aliphatic rings. The van der Waals surface area contributed by atoms with E-state index in [1.54, 1.807) is 13.0 Å². The lowest BCUT2D eigenvalue weighted by molar-refractivity contribution is 0.0751. The van der Waals surface area contributed by atoms with Gasteiger partial charge in [-0.3, -0.25) is 4.79 Å². The van der Waals surface area contributed by atoms with Gasteiger partial charge in [-0.2, -0.15) is 0 Å². The van der Waals surface area contributed by atoms with Crippen LogP contribution in [-0.4, -0.2) is 34.2 Å². The van der Waals surface area contributed by atoms with E-state index in [0.717, 1.165) is 24.2 Å². The molecule has 19 heavy (non-hydrogen) atoms. The van der Waals surface area contributed by atoms with Gasteiger partial charge in [0.1, 0.15) is 17.6 Å². The fourth-order valence-corrected chi connectivity index (χ4v) is 1.94. The lowest BCUT2D eigenvalue weighted by Gasteiger charge is -2.10. The molecule has 0 aliphatic carbocycles. The van der Waals surface area contributed by atoms with Gasteiger partial charge >= 0.3 is 0 Å². The SMILES string of the molecule is CCC1=NO[C@H](CNC(=O)c2cc(C)nc(C)n2)C1. The third kappa shape index (κ3) is 3.49. The van der Waals surface area contributed by atoms with E-state index in [1.165, 1.54) is 0 Å². The average Bonchev–Trinajstić information content (AvgIpc) is 2.82. The molecule has 2 heterocycles. The zero-order valence-electron chi connectivity index (χ0n) is 11.4. The molecular formula is C13H18N4O2. The molecule has 1 N–H and O–H groups in total. The summed E-state index contributed by atoms with van der Waals surface area (Å²) in [5.74, 6) is 0.390. The van der Waals surface area contributed by atoms with Gasteiger partial charge in [0.05, 0.1) is 12.3 Å². The van der Waals surface area contributed by atoms with Gasteiger partial charge in [-0.15, -0.1) is 0 Å². The molecule has 2 rings (SSSR count). The normalized spacial score (nSPS) is 17.8. The number of aryl methyl sites for hydroxylation is 2. The quantitative estimate of drug-likeness (QED) is 0.889. The third-order valence-electron chi connectivity index (χ3n) is 2.89. The van der Waals surface area contributed by atoms with Crippen LogP contribution in [0.25, 0.3) is 0 Å². The van der Waals surface area contributed by atoms with Crippen molar-refractivity contribution in [1.29, 1.82) is 0 Å². The maximum atomic E-state index is 12.0. The predicted molar refractivity (Wildman–Crippen MR) is 71.1 cm³/mol. The molecule has 0 spiro atoms. The molecule has 0 radical (unpaired) electrons. The van der Waals surface area contributed by atoms with E-state index in [1.807, 2.05) is 13.8 Å². The van der Waals surface area contributed by atoms with Gasteiger partial charge < -0.3 is 10.2 Å². The maximum absolute atomic E-state index is 12.0. The fourth-order valence-electron chi connectivity index (χ4n) is 1.94. The van der Waals surface area contributed by atoms with Crippen LogP contribution in [-0.2, 0) is 4.84 Å². The van der Waals surface area contributed by atoms with Crippen LogP contribution in [0.15, 0.2) is 11.2 Å². The van der Waals surface area contributed by atoms with Crippen LogP contribution in [0.1, 0.15) is 41.8 Å². The molecule has 0 aromatic carbocycles. The van der Waals surface area contributed by atoms with Crippen LogP contribution in [0.2, 0.25) is 0 Å². The van der Waals surface area contributed by atoms with Gasteiger partial charge in [0.15, 0.2) is 0 Å². The summed E-state index contributed by atoms with van der Waals surface area (Å²) in [6, 6.07) is 1.67. The van der Waals surface area contributed by atoms with E-state index in [2.05, 4.69) is 20.4 Å². The van der Waals surface area contributed by atoms with E-state index in [0.29, 0.717) is 18.1 Å². The topological polar surface area (TPSA) is 76.5 Å². The molecule has 0 unspecified atom stereocenters. The Morgan fingerprint density at radius 3 is 2.89 bits per heavy atom. The van der Waals surface area contributed by atoms with Gasteiger partial charge in [-0.05, 0) is 26.3 Å². The molecule has 1 atom stereocenters. The minimum absolute atomic E-state index is 0.0667. The van der Waals surface area contributed by atoms with E-state index in [9.17, 15) is 4.79 Å². The molecule has 1 aliphatic heterocycles. The number of rotatable bonds is 4. The second-order valence-corrected chi connectivity index (χ2v) is 4.59. The van der Waals surface area contributed by atoms with Gasteiger partial charge in [-0.1, -0.05) is 12.1 Å². The highest BCUT2D eigenvalue weighted by atomic mass is 16.6. The van der Waals surface area contributed by atoms with Gasteiger partial charge in [0.2, 0.25) is 0 Å². The van der Waals surface area contributed by atoms with Crippen LogP contribution in [0.3, 0.4) is 0 Å². The highest BCUT2D eigenvalue weighted by Gasteiger charge is 2.20. The fraction of sp³-hybridized carbons (Fsp3) is 0.538. The van der Waals surface area contributed by atoms with E-state index in [4.69, 9.17) is 4.84 Å². The molecule has 0 bridgehead atoms. The number of amides is 1. The Hall–Kier alpha value is -1.98. The Morgan fingerprint density at radius 1 is 1.47 bits per heavy atom. The lowest BCUT2D eigenvalue weighted by Crippen LogP contribution is -2.33. The first-order valence-electron chi connectivity index (χ1n) is 6.40. The third-order valence-corrected chi connectivity index (χ3v) is 2.89. The van der Waals surface area contributed by atoms with E-state index in [-0.39, 0.29) is 12.0 Å². The van der Waals surface area contributed by atoms with Crippen LogP contribution >= 0.6 is 0 Å². The molecule has 0 fully saturated rings. The summed E-state index contributed by atoms with van der Waals surface area (Å²) in [6.45, 7) is 6.08. The summed E-state index contributed by atoms with van der Waals surface area (Å²) in [4.78, 5) is 25.5. The molecule has 1 aromatic heterocycles. The summed E-state index contributed by atoms with van der Waals surface area (Å²) in [6.07, 6.45) is 1.59. The molecule has 102 valence electrons. The predicted octanol–water partition coefficient (Wildman–Crippen LogP) is 1.38. The summed E-state index contributed by atoms with van der Waals surface area (Å²) < 4.78 is 0. The standard InChI is InChI=1S/C13H18N4O2/c1-4-10-6-11(19-17-10)7-14-13(18)12-5-8(2)15-9(3)16-12/h5,11H,4,6-7H2,1-3H3,(H,14,18)/t11-/m0/s1. The first kappa shape index (κ1) is 13.5. The molecule has 6 heteroatoms. The number of hydrogen-bond acceptors (Lipinski definition) is 5. The molecule has 6 nitrogen and oxygen atoms in total. The number of nitrogens with zero attached hydrogens (tertiary/aromatic N) is 3. The van der Waals surface area contributed by atoms with Crippen LogP contribution < -0.4 is 5.32 Å². The molecule has 0 saturated carbocycles. The van der Waals surface area contributed by atoms with Gasteiger partial charge in [0.25, 0.3) is 5.91 Å². The molecule has 0 saturated heterocycles. The summed E-state index contributed by atoms with van der Waals surface area (Å²) in [7, 11) is 0. The molecule has 1 amide bonds. The highest BCUT2D eigenvalue weighted by molar-refractivity contribution is 5.92. The van der Waals surface area contributed by atoms with Crippen molar-refractivity contribution < 1.29 is 9.63 Å². The van der Waals surface area contributed by atoms with Crippen molar-refractivity contribution in [1.82, 2.24) is 15.3 Å². The van der Waals surface area contributed by atoms with Crippen LogP contribution in [0.5, 0.6) is 0 Å². The van der Waals surface area contributed by atoms with E-state index < -0.39 is 0 Å². The first-order chi connectivity index (χ1) is 9.08. The van der Waals surface area contributed by atoms with Crippen molar-refractivity contribution in [2.75, 3.05) is 6.54 Å². The largest absolute Gasteiger partial charge is 0.390 e. The monoisotopic (exact) mass is 262 g/mol. The summed E-state index contributed by atoms with van der Waals surface area (Å²) in [5.41, 5.74) is 2.21. The summed E-state index contributed by atoms with van der Waals surface area (Å²) in [5, 5.41) is 6.77. The van der Waals surface area contributed by atoms with Crippen molar-refractivity contribution in [2.45, 2.75) is 39.7 Å². The zero-order valence-corrected chi connectivity index (χ0v) is 11.4. The van der Waals surface area contributed by atoms with Crippen molar-refractivity contribution >= 4 is 11.6 Å². The van der Waals surface area contributed by atoms with E-state index >= 15 is 0 Å². The van der Waals surface area contributed by atoms with Crippen molar-refractivity contribution in [3.63, 3.8) is 0 Å². The van der Waals surface area contributed by atoms with Crippen molar-refractivity contribution in [3.05, 3.63) is 23.3 Å². The number of carbonyl (C=O) groups is 1. The maximum Gasteiger partial charge on any atom is 0.270 e. The average molecular weight is 262 g/mol. The minimum Gasteiger partial charge on any atom is -0.390 e. The van der Waals surface area contributed by atoms with Gasteiger partial charge in [-0.25, -0.2) is 9.97 Å². The number of oxime groups is 1. The van der Waals surface area contributed by atoms with Crippen molar-refractivity contribution in [3.8, 4) is 0 Å². The Balaban J connectivity index is 1.88. The number of aromatic nitrogens is 2. The number of nitrogens with one attached hydrogen (secondary N) is 1.